The van der Waals surface area contributed by atoms with Gasteiger partial charge >= 0.3 is 0 Å². The van der Waals surface area contributed by atoms with E-state index in [2.05, 4.69) is 49.8 Å². The van der Waals surface area contributed by atoms with Crippen LogP contribution in [0.2, 0.25) is 0 Å². The van der Waals surface area contributed by atoms with Crippen molar-refractivity contribution in [1.29, 1.82) is 0 Å². The lowest BCUT2D eigenvalue weighted by Crippen LogP contribution is -2.47. The molecule has 0 spiro atoms. The van der Waals surface area contributed by atoms with E-state index in [9.17, 15) is 4.39 Å². The molecule has 0 radical (unpaired) electrons. The molecule has 0 amide bonds. The highest BCUT2D eigenvalue weighted by Gasteiger charge is 2.26. The van der Waals surface area contributed by atoms with Crippen molar-refractivity contribution in [2.24, 2.45) is 4.99 Å². The summed E-state index contributed by atoms with van der Waals surface area (Å²) < 4.78 is 14.0. The van der Waals surface area contributed by atoms with E-state index in [4.69, 9.17) is 0 Å². The van der Waals surface area contributed by atoms with Gasteiger partial charge in [-0.25, -0.2) is 9.37 Å². The predicted molar refractivity (Wildman–Crippen MR) is 115 cm³/mol. The van der Waals surface area contributed by atoms with E-state index in [0.29, 0.717) is 5.82 Å². The fraction of sp³-hybridized carbons (Fsp3) is 0.455. The minimum Gasteiger partial charge on any atom is -0.355 e. The summed E-state index contributed by atoms with van der Waals surface area (Å²) in [6, 6.07) is 12.0. The van der Waals surface area contributed by atoms with Crippen LogP contribution in [0.25, 0.3) is 0 Å². The van der Waals surface area contributed by atoms with Gasteiger partial charge in [-0.1, -0.05) is 24.3 Å². The number of nitrogens with one attached hydrogen (secondary N) is 2. The second-order valence-electron chi connectivity index (χ2n) is 7.68. The van der Waals surface area contributed by atoms with Crippen LogP contribution in [-0.2, 0) is 13.0 Å². The molecule has 1 saturated heterocycles. The highest BCUT2D eigenvalue weighted by atomic mass is 19.1. The zero-order valence-electron chi connectivity index (χ0n) is 16.9. The third kappa shape index (κ3) is 4.85. The molecular weight excluding hydrogens is 367 g/mol. The van der Waals surface area contributed by atoms with Crippen LogP contribution in [-0.4, -0.2) is 61.7 Å². The second-order valence-corrected chi connectivity index (χ2v) is 7.68. The summed E-state index contributed by atoms with van der Waals surface area (Å²) in [6.07, 6.45) is 3.68. The van der Waals surface area contributed by atoms with Gasteiger partial charge in [0.1, 0.15) is 0 Å². The van der Waals surface area contributed by atoms with Gasteiger partial charge in [0.2, 0.25) is 0 Å². The van der Waals surface area contributed by atoms with Gasteiger partial charge < -0.3 is 15.5 Å². The number of benzene rings is 1. The third-order valence-electron chi connectivity index (χ3n) is 5.72. The Hall–Kier alpha value is -2.67. The highest BCUT2D eigenvalue weighted by molar-refractivity contribution is 5.80. The molecule has 1 fully saturated rings. The van der Waals surface area contributed by atoms with Crippen molar-refractivity contribution in [3.8, 4) is 0 Å². The number of halogens is 1. The number of guanidine groups is 1. The average Bonchev–Trinajstić information content (AvgIpc) is 3.21. The van der Waals surface area contributed by atoms with E-state index < -0.39 is 0 Å². The van der Waals surface area contributed by atoms with Crippen molar-refractivity contribution < 1.29 is 4.39 Å². The first-order valence-electron chi connectivity index (χ1n) is 10.3. The fourth-order valence-corrected chi connectivity index (χ4v) is 4.15. The molecule has 7 heteroatoms. The van der Waals surface area contributed by atoms with Crippen molar-refractivity contribution in [3.05, 3.63) is 59.5 Å². The molecule has 1 aromatic heterocycles. The minimum atomic E-state index is -0.265. The molecule has 29 heavy (non-hydrogen) atoms. The summed E-state index contributed by atoms with van der Waals surface area (Å²) >= 11 is 0. The van der Waals surface area contributed by atoms with Crippen molar-refractivity contribution in [1.82, 2.24) is 20.5 Å². The first-order chi connectivity index (χ1) is 14.2. The number of nitrogens with zero attached hydrogens (tertiary/aromatic N) is 4. The van der Waals surface area contributed by atoms with Crippen molar-refractivity contribution >= 4 is 11.8 Å². The molecule has 0 aliphatic carbocycles. The Kier molecular flexibility index (Phi) is 6.24. The molecule has 154 valence electrons. The van der Waals surface area contributed by atoms with Gasteiger partial charge in [-0.15, -0.1) is 0 Å². The molecular formula is C22H29FN6. The molecule has 4 rings (SSSR count). The smallest absolute Gasteiger partial charge is 0.191 e. The molecule has 2 N–H and O–H groups in total. The van der Waals surface area contributed by atoms with Crippen molar-refractivity contribution in [2.75, 3.05) is 44.7 Å². The number of rotatable bonds is 5. The molecule has 1 unspecified atom stereocenters. The van der Waals surface area contributed by atoms with Gasteiger partial charge in [0.05, 0.1) is 0 Å². The van der Waals surface area contributed by atoms with Gasteiger partial charge in [-0.2, -0.15) is 0 Å². The van der Waals surface area contributed by atoms with Crippen molar-refractivity contribution in [2.45, 2.75) is 25.4 Å². The third-order valence-corrected chi connectivity index (χ3v) is 5.72. The van der Waals surface area contributed by atoms with Crippen LogP contribution in [0.5, 0.6) is 0 Å². The van der Waals surface area contributed by atoms with Crippen LogP contribution in [0, 0.1) is 5.82 Å². The van der Waals surface area contributed by atoms with Gasteiger partial charge in [0, 0.05) is 58.6 Å². The van der Waals surface area contributed by atoms with E-state index >= 15 is 0 Å². The van der Waals surface area contributed by atoms with Crippen LogP contribution in [0.4, 0.5) is 10.2 Å². The first-order valence-corrected chi connectivity index (χ1v) is 10.3. The summed E-state index contributed by atoms with van der Waals surface area (Å²) in [6.45, 7) is 5.43. The van der Waals surface area contributed by atoms with E-state index in [0.717, 1.165) is 58.1 Å². The summed E-state index contributed by atoms with van der Waals surface area (Å²) in [5.41, 5.74) is 2.92. The Labute approximate surface area is 171 Å². The SMILES string of the molecule is CN=C(NCCN1CCc2ccccc2C1)NC1CCN(c2ncccc2F)C1. The minimum absolute atomic E-state index is 0.226. The van der Waals surface area contributed by atoms with Crippen LogP contribution in [0.1, 0.15) is 17.5 Å². The number of aromatic nitrogens is 1. The highest BCUT2D eigenvalue weighted by Crippen LogP contribution is 2.21. The normalized spacial score (nSPS) is 19.9. The topological polar surface area (TPSA) is 55.8 Å². The summed E-state index contributed by atoms with van der Waals surface area (Å²) in [5.74, 6) is 0.972. The lowest BCUT2D eigenvalue weighted by Gasteiger charge is -2.29. The van der Waals surface area contributed by atoms with E-state index in [1.54, 1.807) is 19.3 Å². The number of aliphatic imine (C=N–C) groups is 1. The van der Waals surface area contributed by atoms with Gasteiger partial charge in [-0.3, -0.25) is 9.89 Å². The molecule has 3 heterocycles. The number of hydrogen-bond acceptors (Lipinski definition) is 4. The number of pyridine rings is 1. The molecule has 1 atom stereocenters. The first kappa shape index (κ1) is 19.6. The summed E-state index contributed by atoms with van der Waals surface area (Å²) in [4.78, 5) is 13.0. The summed E-state index contributed by atoms with van der Waals surface area (Å²) in [5, 5.41) is 6.89. The molecule has 2 aliphatic heterocycles. The van der Waals surface area contributed by atoms with Crippen molar-refractivity contribution in [3.63, 3.8) is 0 Å². The van der Waals surface area contributed by atoms with Crippen LogP contribution < -0.4 is 15.5 Å². The second kappa shape index (κ2) is 9.22. The number of hydrogen-bond donors (Lipinski definition) is 2. The lowest BCUT2D eigenvalue weighted by atomic mass is 10.00. The molecule has 2 aromatic rings. The van der Waals surface area contributed by atoms with Crippen LogP contribution >= 0.6 is 0 Å². The maximum absolute atomic E-state index is 14.0. The monoisotopic (exact) mass is 396 g/mol. The lowest BCUT2D eigenvalue weighted by molar-refractivity contribution is 0.258. The standard InChI is InChI=1S/C22H29FN6/c1-24-22(26-11-14-28-12-8-17-5-2-3-6-18(17)15-28)27-19-9-13-29(16-19)21-20(23)7-4-10-25-21/h2-7,10,19H,8-9,11-16H2,1H3,(H2,24,26,27). The predicted octanol–water partition coefficient (Wildman–Crippen LogP) is 2.02. The van der Waals surface area contributed by atoms with Crippen LogP contribution in [0.15, 0.2) is 47.6 Å². The zero-order chi connectivity index (χ0) is 20.1. The quantitative estimate of drug-likeness (QED) is 0.598. The van der Waals surface area contributed by atoms with Gasteiger partial charge in [0.15, 0.2) is 17.6 Å². The molecule has 2 aliphatic rings. The molecule has 0 saturated carbocycles. The Morgan fingerprint density at radius 1 is 1.21 bits per heavy atom. The number of fused-ring (bicyclic) bond motifs is 1. The molecule has 1 aromatic carbocycles. The largest absolute Gasteiger partial charge is 0.355 e. The maximum atomic E-state index is 14.0. The van der Waals surface area contributed by atoms with Gasteiger partial charge in [0.25, 0.3) is 0 Å². The van der Waals surface area contributed by atoms with E-state index in [1.807, 2.05) is 4.90 Å². The van der Waals surface area contributed by atoms with E-state index in [-0.39, 0.29) is 11.9 Å². The number of anilines is 1. The Morgan fingerprint density at radius 3 is 2.90 bits per heavy atom. The van der Waals surface area contributed by atoms with E-state index in [1.165, 1.54) is 17.2 Å². The maximum Gasteiger partial charge on any atom is 0.191 e. The Morgan fingerprint density at radius 2 is 2.07 bits per heavy atom. The average molecular weight is 397 g/mol. The fourth-order valence-electron chi connectivity index (χ4n) is 4.15. The van der Waals surface area contributed by atoms with Crippen LogP contribution in [0.3, 0.4) is 0 Å². The Bertz CT molecular complexity index is 855. The summed E-state index contributed by atoms with van der Waals surface area (Å²) in [7, 11) is 1.79. The Balaban J connectivity index is 1.22. The van der Waals surface area contributed by atoms with Gasteiger partial charge in [-0.05, 0) is 36.1 Å². The molecule has 6 nitrogen and oxygen atoms in total. The molecule has 0 bridgehead atoms. The zero-order valence-corrected chi connectivity index (χ0v) is 16.9.